The number of hydrogen-bond donors (Lipinski definition) is 1. The molecule has 1 aromatic carbocycles. The van der Waals surface area contributed by atoms with Gasteiger partial charge in [-0.25, -0.2) is 4.79 Å². The van der Waals surface area contributed by atoms with Crippen molar-refractivity contribution in [1.29, 1.82) is 0 Å². The fourth-order valence-electron chi connectivity index (χ4n) is 2.11. The van der Waals surface area contributed by atoms with Gasteiger partial charge in [0, 0.05) is 11.4 Å². The molecule has 1 heterocycles. The van der Waals surface area contributed by atoms with E-state index in [0.717, 1.165) is 11.3 Å². The summed E-state index contributed by atoms with van der Waals surface area (Å²) >= 11 is 7.35. The van der Waals surface area contributed by atoms with E-state index in [1.54, 1.807) is 6.07 Å². The van der Waals surface area contributed by atoms with Crippen LogP contribution in [0.3, 0.4) is 0 Å². The number of aliphatic carboxylic acids is 1. The maximum absolute atomic E-state index is 12.0. The van der Waals surface area contributed by atoms with Crippen LogP contribution in [0.1, 0.15) is 12.8 Å². The molecule has 0 saturated carbocycles. The van der Waals surface area contributed by atoms with E-state index in [4.69, 9.17) is 16.7 Å². The minimum atomic E-state index is -0.923. The van der Waals surface area contributed by atoms with Crippen LogP contribution in [0.5, 0.6) is 0 Å². The standard InChI is InChI=1S/C13H14ClNO3S/c14-9-4-1-2-6-11(9)19-8-12(16)15-7-3-5-10(15)13(17)18/h1-2,4,6,10H,3,5,7-8H2,(H,17,18)/t10-/m0/s1. The van der Waals surface area contributed by atoms with E-state index < -0.39 is 12.0 Å². The highest BCUT2D eigenvalue weighted by Gasteiger charge is 2.33. The molecule has 1 saturated heterocycles. The lowest BCUT2D eigenvalue weighted by molar-refractivity contribution is -0.147. The monoisotopic (exact) mass is 299 g/mol. The van der Waals surface area contributed by atoms with E-state index in [1.807, 2.05) is 18.2 Å². The number of rotatable bonds is 4. The van der Waals surface area contributed by atoms with Gasteiger partial charge >= 0.3 is 5.97 Å². The zero-order valence-electron chi connectivity index (χ0n) is 10.2. The second-order valence-corrected chi connectivity index (χ2v) is 5.73. The molecule has 1 N–H and O–H groups in total. The Kier molecular flexibility index (Phi) is 4.71. The van der Waals surface area contributed by atoms with Crippen LogP contribution in [0.25, 0.3) is 0 Å². The zero-order valence-corrected chi connectivity index (χ0v) is 11.8. The third-order valence-corrected chi connectivity index (χ3v) is 4.55. The van der Waals surface area contributed by atoms with E-state index in [2.05, 4.69) is 0 Å². The first-order chi connectivity index (χ1) is 9.09. The number of likely N-dealkylation sites (tertiary alicyclic amines) is 1. The topological polar surface area (TPSA) is 57.6 Å². The van der Waals surface area contributed by atoms with Gasteiger partial charge in [0.05, 0.1) is 10.8 Å². The van der Waals surface area contributed by atoms with Crippen LogP contribution in [0.15, 0.2) is 29.2 Å². The first-order valence-electron chi connectivity index (χ1n) is 5.99. The lowest BCUT2D eigenvalue weighted by Gasteiger charge is -2.21. The molecule has 6 heteroatoms. The molecule has 0 bridgehead atoms. The van der Waals surface area contributed by atoms with Gasteiger partial charge in [-0.3, -0.25) is 4.79 Å². The molecule has 0 aromatic heterocycles. The van der Waals surface area contributed by atoms with Gasteiger partial charge in [-0.2, -0.15) is 0 Å². The molecule has 0 aliphatic carbocycles. The van der Waals surface area contributed by atoms with Gasteiger partial charge in [-0.1, -0.05) is 23.7 Å². The molecular formula is C13H14ClNO3S. The van der Waals surface area contributed by atoms with Gasteiger partial charge in [-0.05, 0) is 25.0 Å². The quantitative estimate of drug-likeness (QED) is 0.868. The molecule has 2 rings (SSSR count). The second kappa shape index (κ2) is 6.30. The summed E-state index contributed by atoms with van der Waals surface area (Å²) in [5.74, 6) is -0.850. The molecule has 1 aliphatic rings. The Bertz CT molecular complexity index is 495. The van der Waals surface area contributed by atoms with Crippen molar-refractivity contribution >= 4 is 35.2 Å². The summed E-state index contributed by atoms with van der Waals surface area (Å²) in [6.07, 6.45) is 1.29. The summed E-state index contributed by atoms with van der Waals surface area (Å²) in [6.45, 7) is 0.527. The van der Waals surface area contributed by atoms with Crippen LogP contribution < -0.4 is 0 Å². The number of carbonyl (C=O) groups is 2. The number of halogens is 1. The molecule has 1 aliphatic heterocycles. The lowest BCUT2D eigenvalue weighted by atomic mass is 10.2. The van der Waals surface area contributed by atoms with E-state index in [0.29, 0.717) is 18.0 Å². The zero-order chi connectivity index (χ0) is 13.8. The molecule has 0 unspecified atom stereocenters. The fourth-order valence-corrected chi connectivity index (χ4v) is 3.23. The van der Waals surface area contributed by atoms with Gasteiger partial charge in [0.2, 0.25) is 5.91 Å². The van der Waals surface area contributed by atoms with Crippen molar-refractivity contribution in [2.45, 2.75) is 23.8 Å². The van der Waals surface area contributed by atoms with Crippen LogP contribution in [0.4, 0.5) is 0 Å². The normalized spacial score (nSPS) is 18.6. The van der Waals surface area contributed by atoms with Crippen molar-refractivity contribution in [3.8, 4) is 0 Å². The molecular weight excluding hydrogens is 286 g/mol. The third-order valence-electron chi connectivity index (χ3n) is 3.05. The van der Waals surface area contributed by atoms with Crippen molar-refractivity contribution in [3.05, 3.63) is 29.3 Å². The maximum Gasteiger partial charge on any atom is 0.326 e. The van der Waals surface area contributed by atoms with Crippen LogP contribution in [-0.2, 0) is 9.59 Å². The number of carboxylic acids is 1. The fraction of sp³-hybridized carbons (Fsp3) is 0.385. The van der Waals surface area contributed by atoms with E-state index in [9.17, 15) is 9.59 Å². The first kappa shape index (κ1) is 14.2. The Balaban J connectivity index is 1.95. The third kappa shape index (κ3) is 3.42. The summed E-state index contributed by atoms with van der Waals surface area (Å²) in [7, 11) is 0. The van der Waals surface area contributed by atoms with Gasteiger partial charge < -0.3 is 10.0 Å². The summed E-state index contributed by atoms with van der Waals surface area (Å²) in [6, 6.07) is 6.63. The highest BCUT2D eigenvalue weighted by molar-refractivity contribution is 8.00. The van der Waals surface area contributed by atoms with Gasteiger partial charge in [-0.15, -0.1) is 11.8 Å². The average molecular weight is 300 g/mol. The summed E-state index contributed by atoms with van der Waals surface area (Å²) in [5.41, 5.74) is 0. The Morgan fingerprint density at radius 1 is 1.42 bits per heavy atom. The van der Waals surface area contributed by atoms with Crippen molar-refractivity contribution in [2.75, 3.05) is 12.3 Å². The van der Waals surface area contributed by atoms with Gasteiger partial charge in [0.25, 0.3) is 0 Å². The predicted molar refractivity (Wildman–Crippen MR) is 74.5 cm³/mol. The molecule has 1 fully saturated rings. The minimum Gasteiger partial charge on any atom is -0.480 e. The Hall–Kier alpha value is -1.20. The molecule has 1 atom stereocenters. The van der Waals surface area contributed by atoms with Crippen LogP contribution in [0, 0.1) is 0 Å². The number of hydrogen-bond acceptors (Lipinski definition) is 3. The van der Waals surface area contributed by atoms with Crippen LogP contribution >= 0.6 is 23.4 Å². The van der Waals surface area contributed by atoms with Crippen LogP contribution in [0.2, 0.25) is 5.02 Å². The van der Waals surface area contributed by atoms with Gasteiger partial charge in [0.15, 0.2) is 0 Å². The molecule has 1 aromatic rings. The van der Waals surface area contributed by atoms with E-state index in [1.165, 1.54) is 16.7 Å². The molecule has 102 valence electrons. The highest BCUT2D eigenvalue weighted by atomic mass is 35.5. The Morgan fingerprint density at radius 3 is 2.84 bits per heavy atom. The van der Waals surface area contributed by atoms with Crippen molar-refractivity contribution in [2.24, 2.45) is 0 Å². The summed E-state index contributed by atoms with van der Waals surface area (Å²) in [4.78, 5) is 25.4. The number of carboxylic acid groups (broad SMARTS) is 1. The minimum absolute atomic E-state index is 0.144. The van der Waals surface area contributed by atoms with Crippen molar-refractivity contribution in [3.63, 3.8) is 0 Å². The van der Waals surface area contributed by atoms with Gasteiger partial charge in [0.1, 0.15) is 6.04 Å². The average Bonchev–Trinajstić information content (AvgIpc) is 2.87. The number of carbonyl (C=O) groups excluding carboxylic acids is 1. The Morgan fingerprint density at radius 2 is 2.16 bits per heavy atom. The van der Waals surface area contributed by atoms with Crippen LogP contribution in [-0.4, -0.2) is 40.2 Å². The van der Waals surface area contributed by atoms with E-state index in [-0.39, 0.29) is 11.7 Å². The molecule has 0 radical (unpaired) electrons. The predicted octanol–water partition coefficient (Wildman–Crippen LogP) is 2.51. The maximum atomic E-state index is 12.0. The Labute approximate surface area is 120 Å². The van der Waals surface area contributed by atoms with E-state index >= 15 is 0 Å². The SMILES string of the molecule is O=C(O)[C@@H]1CCCN1C(=O)CSc1ccccc1Cl. The highest BCUT2D eigenvalue weighted by Crippen LogP contribution is 2.27. The number of amides is 1. The summed E-state index contributed by atoms with van der Waals surface area (Å²) < 4.78 is 0. The first-order valence-corrected chi connectivity index (χ1v) is 7.35. The number of thioether (sulfide) groups is 1. The second-order valence-electron chi connectivity index (χ2n) is 4.30. The molecule has 0 spiro atoms. The molecule has 19 heavy (non-hydrogen) atoms. The van der Waals surface area contributed by atoms with Crippen molar-refractivity contribution < 1.29 is 14.7 Å². The number of benzene rings is 1. The number of nitrogens with zero attached hydrogens (tertiary/aromatic N) is 1. The molecule has 4 nitrogen and oxygen atoms in total. The van der Waals surface area contributed by atoms with Crippen molar-refractivity contribution in [1.82, 2.24) is 4.90 Å². The lowest BCUT2D eigenvalue weighted by Crippen LogP contribution is -2.41. The smallest absolute Gasteiger partial charge is 0.326 e. The molecule has 1 amide bonds. The largest absolute Gasteiger partial charge is 0.480 e. The summed E-state index contributed by atoms with van der Waals surface area (Å²) in [5, 5.41) is 9.65.